The number of nitrogens with zero attached hydrogens (tertiary/aromatic N) is 1. The molecule has 0 radical (unpaired) electrons. The summed E-state index contributed by atoms with van der Waals surface area (Å²) in [5.74, 6) is 0. The van der Waals surface area contributed by atoms with E-state index in [0.717, 1.165) is 19.1 Å². The van der Waals surface area contributed by atoms with E-state index in [4.69, 9.17) is 0 Å². The Bertz CT molecular complexity index is 201. The van der Waals surface area contributed by atoms with Gasteiger partial charge in [-0.15, -0.1) is 0 Å². The van der Waals surface area contributed by atoms with E-state index in [0.29, 0.717) is 5.41 Å². The molecule has 1 heterocycles. The summed E-state index contributed by atoms with van der Waals surface area (Å²) in [5, 5.41) is 3.50. The molecule has 102 valence electrons. The number of hydrogen-bond donors (Lipinski definition) is 1. The Balaban J connectivity index is 2.50. The van der Waals surface area contributed by atoms with Crippen LogP contribution in [0.4, 0.5) is 0 Å². The van der Waals surface area contributed by atoms with Gasteiger partial charge in [0.05, 0.1) is 0 Å². The lowest BCUT2D eigenvalue weighted by molar-refractivity contribution is 0.126. The third-order valence-electron chi connectivity index (χ3n) is 3.95. The fraction of sp³-hybridized carbons (Fsp3) is 1.00. The average Bonchev–Trinajstić information content (AvgIpc) is 2.51. The zero-order valence-corrected chi connectivity index (χ0v) is 12.4. The van der Waals surface area contributed by atoms with E-state index in [2.05, 4.69) is 37.9 Å². The van der Waals surface area contributed by atoms with Crippen LogP contribution in [0, 0.1) is 5.41 Å². The van der Waals surface area contributed by atoms with E-state index >= 15 is 0 Å². The molecule has 1 rings (SSSR count). The van der Waals surface area contributed by atoms with Crippen LogP contribution in [0.15, 0.2) is 0 Å². The summed E-state index contributed by atoms with van der Waals surface area (Å²) in [6.07, 6.45) is 6.99. The summed E-state index contributed by atoms with van der Waals surface area (Å²) in [7, 11) is 0. The van der Waals surface area contributed by atoms with Gasteiger partial charge in [0.15, 0.2) is 0 Å². The molecule has 0 bridgehead atoms. The molecule has 0 aliphatic carbocycles. The third-order valence-corrected chi connectivity index (χ3v) is 3.95. The van der Waals surface area contributed by atoms with E-state index in [1.165, 1.54) is 45.2 Å². The fourth-order valence-electron chi connectivity index (χ4n) is 2.98. The average molecular weight is 240 g/mol. The monoisotopic (exact) mass is 240 g/mol. The summed E-state index contributed by atoms with van der Waals surface area (Å²) in [6.45, 7) is 14.1. The molecule has 0 aromatic heterocycles. The van der Waals surface area contributed by atoms with Crippen LogP contribution in [0.25, 0.3) is 0 Å². The Morgan fingerprint density at radius 2 is 1.94 bits per heavy atom. The molecule has 1 aliphatic rings. The lowest BCUT2D eigenvalue weighted by Crippen LogP contribution is -2.44. The minimum Gasteiger partial charge on any atom is -0.316 e. The van der Waals surface area contributed by atoms with Gasteiger partial charge < -0.3 is 5.32 Å². The zero-order valence-electron chi connectivity index (χ0n) is 12.4. The van der Waals surface area contributed by atoms with E-state index in [1.807, 2.05) is 0 Å². The summed E-state index contributed by atoms with van der Waals surface area (Å²) in [6, 6.07) is 0.832. The molecule has 1 fully saturated rings. The molecule has 0 saturated carbocycles. The van der Waals surface area contributed by atoms with Gasteiger partial charge in [-0.1, -0.05) is 40.5 Å². The minimum absolute atomic E-state index is 0.397. The molecule has 1 saturated heterocycles. The van der Waals surface area contributed by atoms with Crippen molar-refractivity contribution in [2.45, 2.75) is 65.8 Å². The van der Waals surface area contributed by atoms with E-state index in [-0.39, 0.29) is 0 Å². The molecular weight excluding hydrogens is 208 g/mol. The van der Waals surface area contributed by atoms with Crippen LogP contribution in [-0.2, 0) is 0 Å². The maximum Gasteiger partial charge on any atom is 0.00928 e. The first kappa shape index (κ1) is 15.0. The van der Waals surface area contributed by atoms with Crippen molar-refractivity contribution in [2.75, 3.05) is 26.2 Å². The maximum absolute atomic E-state index is 3.50. The van der Waals surface area contributed by atoms with Gasteiger partial charge in [0.1, 0.15) is 0 Å². The number of rotatable bonds is 6. The van der Waals surface area contributed by atoms with Crippen LogP contribution in [0.3, 0.4) is 0 Å². The van der Waals surface area contributed by atoms with Crippen LogP contribution in [-0.4, -0.2) is 37.1 Å². The van der Waals surface area contributed by atoms with Crippen LogP contribution >= 0.6 is 0 Å². The van der Waals surface area contributed by atoms with Crippen LogP contribution in [0.2, 0.25) is 0 Å². The first-order valence-electron chi connectivity index (χ1n) is 7.54. The summed E-state index contributed by atoms with van der Waals surface area (Å²) < 4.78 is 0. The molecular formula is C15H32N2. The summed E-state index contributed by atoms with van der Waals surface area (Å²) in [5.41, 5.74) is 0.397. The smallest absolute Gasteiger partial charge is 0.00928 e. The fourth-order valence-corrected chi connectivity index (χ4v) is 2.98. The Kier molecular flexibility index (Phi) is 6.50. The molecule has 0 spiro atoms. The standard InChI is InChI=1S/C15H32N2/c1-5-14-10-8-7-9-11-17(14)13-15(3,4)12-16-6-2/h14,16H,5-13H2,1-4H3. The molecule has 1 aliphatic heterocycles. The second kappa shape index (κ2) is 7.38. The topological polar surface area (TPSA) is 15.3 Å². The van der Waals surface area contributed by atoms with Gasteiger partial charge in [0, 0.05) is 19.1 Å². The number of hydrogen-bond acceptors (Lipinski definition) is 2. The van der Waals surface area contributed by atoms with E-state index in [1.54, 1.807) is 0 Å². The highest BCUT2D eigenvalue weighted by Crippen LogP contribution is 2.24. The number of likely N-dealkylation sites (tertiary alicyclic amines) is 1. The molecule has 1 N–H and O–H groups in total. The predicted octanol–water partition coefficient (Wildman–Crippen LogP) is 3.28. The summed E-state index contributed by atoms with van der Waals surface area (Å²) >= 11 is 0. The molecule has 17 heavy (non-hydrogen) atoms. The van der Waals surface area contributed by atoms with Crippen molar-refractivity contribution < 1.29 is 0 Å². The Labute approximate surface area is 108 Å². The van der Waals surface area contributed by atoms with Crippen LogP contribution in [0.1, 0.15) is 59.8 Å². The highest BCUT2D eigenvalue weighted by Gasteiger charge is 2.26. The maximum atomic E-state index is 3.50. The normalized spacial score (nSPS) is 23.6. The van der Waals surface area contributed by atoms with Gasteiger partial charge in [0.25, 0.3) is 0 Å². The van der Waals surface area contributed by atoms with Gasteiger partial charge in [0.2, 0.25) is 0 Å². The number of nitrogens with one attached hydrogen (secondary N) is 1. The van der Waals surface area contributed by atoms with Crippen molar-refractivity contribution >= 4 is 0 Å². The van der Waals surface area contributed by atoms with Crippen molar-refractivity contribution in [1.29, 1.82) is 0 Å². The molecule has 2 heteroatoms. The second-order valence-electron chi connectivity index (χ2n) is 6.33. The molecule has 1 unspecified atom stereocenters. The zero-order chi connectivity index (χ0) is 12.7. The van der Waals surface area contributed by atoms with Gasteiger partial charge in [-0.2, -0.15) is 0 Å². The lowest BCUT2D eigenvalue weighted by Gasteiger charge is -2.36. The van der Waals surface area contributed by atoms with Crippen molar-refractivity contribution in [2.24, 2.45) is 5.41 Å². The van der Waals surface area contributed by atoms with Gasteiger partial charge in [-0.05, 0) is 37.8 Å². The van der Waals surface area contributed by atoms with Crippen molar-refractivity contribution in [3.63, 3.8) is 0 Å². The summed E-state index contributed by atoms with van der Waals surface area (Å²) in [4.78, 5) is 2.75. The Hall–Kier alpha value is -0.0800. The molecule has 2 nitrogen and oxygen atoms in total. The quantitative estimate of drug-likeness (QED) is 0.766. The Morgan fingerprint density at radius 3 is 2.59 bits per heavy atom. The third kappa shape index (κ3) is 5.39. The van der Waals surface area contributed by atoms with Gasteiger partial charge >= 0.3 is 0 Å². The van der Waals surface area contributed by atoms with E-state index in [9.17, 15) is 0 Å². The highest BCUT2D eigenvalue weighted by atomic mass is 15.2. The molecule has 1 atom stereocenters. The van der Waals surface area contributed by atoms with E-state index < -0.39 is 0 Å². The first-order chi connectivity index (χ1) is 8.09. The lowest BCUT2D eigenvalue weighted by atomic mass is 9.91. The SMILES string of the molecule is CCNCC(C)(C)CN1CCCCCC1CC. The molecule has 0 aromatic rings. The van der Waals surface area contributed by atoms with Crippen molar-refractivity contribution in [1.82, 2.24) is 10.2 Å². The van der Waals surface area contributed by atoms with Gasteiger partial charge in [-0.25, -0.2) is 0 Å². The Morgan fingerprint density at radius 1 is 1.18 bits per heavy atom. The minimum atomic E-state index is 0.397. The van der Waals surface area contributed by atoms with Crippen LogP contribution in [0.5, 0.6) is 0 Å². The van der Waals surface area contributed by atoms with Crippen molar-refractivity contribution in [3.8, 4) is 0 Å². The highest BCUT2D eigenvalue weighted by molar-refractivity contribution is 4.81. The predicted molar refractivity (Wildman–Crippen MR) is 76.4 cm³/mol. The molecule has 0 amide bonds. The largest absolute Gasteiger partial charge is 0.316 e. The van der Waals surface area contributed by atoms with Crippen LogP contribution < -0.4 is 5.32 Å². The second-order valence-corrected chi connectivity index (χ2v) is 6.33. The first-order valence-corrected chi connectivity index (χ1v) is 7.54. The van der Waals surface area contributed by atoms with Gasteiger partial charge in [-0.3, -0.25) is 4.90 Å². The molecule has 0 aromatic carbocycles. The van der Waals surface area contributed by atoms with Crippen molar-refractivity contribution in [3.05, 3.63) is 0 Å².